The molecule has 0 saturated carbocycles. The van der Waals surface area contributed by atoms with Gasteiger partial charge in [0.2, 0.25) is 0 Å². The average molecular weight is 436 g/mol. The normalized spacial score (nSPS) is 12.5. The lowest BCUT2D eigenvalue weighted by atomic mass is 9.89. The van der Waals surface area contributed by atoms with E-state index in [1.165, 1.54) is 167 Å². The molecule has 0 aliphatic rings. The number of rotatable bonds is 27. The zero-order chi connectivity index (χ0) is 22.7. The second kappa shape index (κ2) is 28.0. The van der Waals surface area contributed by atoms with Crippen molar-refractivity contribution in [3.8, 4) is 0 Å². The summed E-state index contributed by atoms with van der Waals surface area (Å²) >= 11 is 0. The first-order chi connectivity index (χ1) is 15.3. The zero-order valence-electron chi connectivity index (χ0n) is 22.4. The lowest BCUT2D eigenvalue weighted by Gasteiger charge is -2.17. The Bertz CT molecular complexity index is 294. The topological polar surface area (TPSA) is 0 Å². The zero-order valence-corrected chi connectivity index (χ0v) is 22.4. The molecule has 0 fully saturated rings. The van der Waals surface area contributed by atoms with Crippen molar-refractivity contribution < 1.29 is 0 Å². The highest BCUT2D eigenvalue weighted by Crippen LogP contribution is 2.24. The minimum Gasteiger partial charge on any atom is -0.0654 e. The maximum absolute atomic E-state index is 4.04. The van der Waals surface area contributed by atoms with Gasteiger partial charge in [-0.05, 0) is 5.92 Å². The van der Waals surface area contributed by atoms with Crippen LogP contribution in [-0.4, -0.2) is 0 Å². The van der Waals surface area contributed by atoms with E-state index in [1.54, 1.807) is 0 Å². The molecule has 31 heavy (non-hydrogen) atoms. The molecule has 0 spiro atoms. The Morgan fingerprint density at radius 1 is 0.355 bits per heavy atom. The molecule has 1 radical (unpaired) electrons. The van der Waals surface area contributed by atoms with Gasteiger partial charge in [0, 0.05) is 0 Å². The van der Waals surface area contributed by atoms with Gasteiger partial charge in [0.15, 0.2) is 0 Å². The van der Waals surface area contributed by atoms with Crippen LogP contribution in [0.4, 0.5) is 0 Å². The van der Waals surface area contributed by atoms with Crippen LogP contribution in [0.3, 0.4) is 0 Å². The third kappa shape index (κ3) is 26.1. The summed E-state index contributed by atoms with van der Waals surface area (Å²) in [5.41, 5.74) is 0. The van der Waals surface area contributed by atoms with Gasteiger partial charge in [-0.3, -0.25) is 0 Å². The monoisotopic (exact) mass is 435 g/mol. The van der Waals surface area contributed by atoms with Gasteiger partial charge in [0.25, 0.3) is 0 Å². The van der Waals surface area contributed by atoms with Gasteiger partial charge in [0.1, 0.15) is 0 Å². The molecule has 0 nitrogen and oxygen atoms in total. The van der Waals surface area contributed by atoms with E-state index >= 15 is 0 Å². The molecule has 0 aromatic heterocycles. The molecule has 0 bridgehead atoms. The lowest BCUT2D eigenvalue weighted by Crippen LogP contribution is -2.01. The van der Waals surface area contributed by atoms with Crippen LogP contribution in [-0.2, 0) is 0 Å². The van der Waals surface area contributed by atoms with E-state index in [1.807, 2.05) is 0 Å². The van der Waals surface area contributed by atoms with Gasteiger partial charge < -0.3 is 0 Å². The summed E-state index contributed by atoms with van der Waals surface area (Å²) in [7, 11) is 0. The van der Waals surface area contributed by atoms with Crippen LogP contribution in [0.2, 0.25) is 0 Å². The van der Waals surface area contributed by atoms with Crippen molar-refractivity contribution in [2.24, 2.45) is 5.92 Å². The highest BCUT2D eigenvalue weighted by atomic mass is 14.1. The third-order valence-electron chi connectivity index (χ3n) is 7.29. The van der Waals surface area contributed by atoms with Crippen LogP contribution in [0.5, 0.6) is 0 Å². The highest BCUT2D eigenvalue weighted by Gasteiger charge is 2.08. The predicted molar refractivity (Wildman–Crippen MR) is 145 cm³/mol. The minimum atomic E-state index is 1.01. The number of hydrogen-bond acceptors (Lipinski definition) is 0. The molecule has 0 heteroatoms. The number of hydrogen-bond donors (Lipinski definition) is 0. The van der Waals surface area contributed by atoms with Crippen LogP contribution < -0.4 is 0 Å². The Morgan fingerprint density at radius 2 is 0.613 bits per heavy atom. The first-order valence-electron chi connectivity index (χ1n) is 15.1. The summed E-state index contributed by atoms with van der Waals surface area (Å²) in [6, 6.07) is 0. The fraction of sp³-hybridized carbons (Fsp3) is 0.968. The summed E-state index contributed by atoms with van der Waals surface area (Å²) in [5, 5.41) is 0. The van der Waals surface area contributed by atoms with Crippen LogP contribution in [0.25, 0.3) is 0 Å². The van der Waals surface area contributed by atoms with E-state index in [9.17, 15) is 0 Å². The van der Waals surface area contributed by atoms with Gasteiger partial charge in [-0.15, -0.1) is 0 Å². The Hall–Kier alpha value is 0. The SMILES string of the molecule is [CH2]CCCCC(CCCCCCCCCC)CCCCCCCCCCCCCCC. The van der Waals surface area contributed by atoms with Crippen LogP contribution in [0, 0.1) is 12.8 Å². The van der Waals surface area contributed by atoms with Crippen molar-refractivity contribution >= 4 is 0 Å². The van der Waals surface area contributed by atoms with E-state index in [4.69, 9.17) is 0 Å². The standard InChI is InChI=1S/C31H63/c1-4-7-10-12-14-16-17-18-19-20-22-24-27-30-31(28-25-9-6-3)29-26-23-21-15-13-11-8-5-2/h31H,3-30H2,1-2H3. The maximum atomic E-state index is 4.04. The first-order valence-corrected chi connectivity index (χ1v) is 15.1. The second-order valence-electron chi connectivity index (χ2n) is 10.5. The first kappa shape index (κ1) is 31.0. The molecule has 0 saturated heterocycles. The van der Waals surface area contributed by atoms with Crippen LogP contribution in [0.1, 0.15) is 187 Å². The van der Waals surface area contributed by atoms with Gasteiger partial charge in [-0.2, -0.15) is 0 Å². The summed E-state index contributed by atoms with van der Waals surface area (Å²) in [6.45, 7) is 8.66. The van der Waals surface area contributed by atoms with Gasteiger partial charge >= 0.3 is 0 Å². The van der Waals surface area contributed by atoms with E-state index in [-0.39, 0.29) is 0 Å². The molecule has 0 heterocycles. The summed E-state index contributed by atoms with van der Waals surface area (Å²) in [6.07, 6.45) is 39.2. The summed E-state index contributed by atoms with van der Waals surface area (Å²) in [5.74, 6) is 1.01. The smallest absolute Gasteiger partial charge is 0.0414 e. The molecule has 0 aliphatic heterocycles. The van der Waals surface area contributed by atoms with Crippen molar-refractivity contribution in [1.82, 2.24) is 0 Å². The molecule has 0 aromatic rings. The molecule has 0 amide bonds. The Balaban J connectivity index is 3.56. The third-order valence-corrected chi connectivity index (χ3v) is 7.29. The fourth-order valence-corrected chi connectivity index (χ4v) is 5.06. The van der Waals surface area contributed by atoms with E-state index in [0.29, 0.717) is 0 Å². The molecule has 0 rings (SSSR count). The van der Waals surface area contributed by atoms with Gasteiger partial charge in [-0.25, -0.2) is 0 Å². The van der Waals surface area contributed by atoms with Crippen molar-refractivity contribution in [3.05, 3.63) is 6.92 Å². The summed E-state index contributed by atoms with van der Waals surface area (Å²) in [4.78, 5) is 0. The Kier molecular flexibility index (Phi) is 28.0. The van der Waals surface area contributed by atoms with E-state index in [0.717, 1.165) is 12.3 Å². The molecule has 1 unspecified atom stereocenters. The van der Waals surface area contributed by atoms with Crippen molar-refractivity contribution in [2.75, 3.05) is 0 Å². The molecular formula is C31H63. The summed E-state index contributed by atoms with van der Waals surface area (Å²) < 4.78 is 0. The molecule has 0 aliphatic carbocycles. The fourth-order valence-electron chi connectivity index (χ4n) is 5.06. The van der Waals surface area contributed by atoms with Crippen molar-refractivity contribution in [2.45, 2.75) is 187 Å². The van der Waals surface area contributed by atoms with E-state index < -0.39 is 0 Å². The average Bonchev–Trinajstić information content (AvgIpc) is 2.78. The van der Waals surface area contributed by atoms with Crippen molar-refractivity contribution in [1.29, 1.82) is 0 Å². The van der Waals surface area contributed by atoms with Crippen LogP contribution >= 0.6 is 0 Å². The largest absolute Gasteiger partial charge is 0.0654 e. The van der Waals surface area contributed by atoms with Crippen molar-refractivity contribution in [3.63, 3.8) is 0 Å². The lowest BCUT2D eigenvalue weighted by molar-refractivity contribution is 0.368. The number of unbranched alkanes of at least 4 members (excludes halogenated alkanes) is 21. The molecule has 0 aromatic carbocycles. The van der Waals surface area contributed by atoms with Gasteiger partial charge in [0.05, 0.1) is 0 Å². The maximum Gasteiger partial charge on any atom is -0.0414 e. The molecule has 1 atom stereocenters. The highest BCUT2D eigenvalue weighted by molar-refractivity contribution is 4.62. The molecular weight excluding hydrogens is 372 g/mol. The second-order valence-corrected chi connectivity index (χ2v) is 10.5. The Labute approximate surface area is 200 Å². The van der Waals surface area contributed by atoms with Crippen LogP contribution in [0.15, 0.2) is 0 Å². The predicted octanol–water partition coefficient (Wildman–Crippen LogP) is 12.0. The van der Waals surface area contributed by atoms with E-state index in [2.05, 4.69) is 20.8 Å². The molecule has 187 valence electrons. The minimum absolute atomic E-state index is 1.01. The Morgan fingerprint density at radius 3 is 0.903 bits per heavy atom. The molecule has 0 N–H and O–H groups in total. The quantitative estimate of drug-likeness (QED) is 0.112. The van der Waals surface area contributed by atoms with Gasteiger partial charge in [-0.1, -0.05) is 194 Å².